The molecule has 0 spiro atoms. The summed E-state index contributed by atoms with van der Waals surface area (Å²) in [7, 11) is 4.40. The molecule has 0 aliphatic carbocycles. The molecular formula is C30H29F3N4O6S. The number of anilines is 2. The summed E-state index contributed by atoms with van der Waals surface area (Å²) in [6, 6.07) is 13.4. The van der Waals surface area contributed by atoms with Crippen molar-refractivity contribution in [1.29, 1.82) is 0 Å². The van der Waals surface area contributed by atoms with Crippen LogP contribution in [0.4, 0.5) is 24.5 Å². The molecule has 1 heterocycles. The number of hydrogen-bond donors (Lipinski definition) is 4. The molecule has 0 saturated carbocycles. The highest BCUT2D eigenvalue weighted by Crippen LogP contribution is 2.36. The molecule has 0 bridgehead atoms. The lowest BCUT2D eigenvalue weighted by molar-refractivity contribution is -0.137. The maximum atomic E-state index is 13.6. The van der Waals surface area contributed by atoms with Crippen molar-refractivity contribution in [2.45, 2.75) is 19.1 Å². The Hall–Kier alpha value is -4.98. The number of ether oxygens (including phenoxy) is 4. The number of halogens is 3. The van der Waals surface area contributed by atoms with Crippen LogP contribution in [0.2, 0.25) is 0 Å². The van der Waals surface area contributed by atoms with E-state index in [1.165, 1.54) is 33.5 Å². The quantitative estimate of drug-likeness (QED) is 0.225. The first-order valence-electron chi connectivity index (χ1n) is 13.0. The Bertz CT molecular complexity index is 1610. The van der Waals surface area contributed by atoms with Gasteiger partial charge < -0.3 is 40.2 Å². The van der Waals surface area contributed by atoms with Gasteiger partial charge in [0, 0.05) is 17.5 Å². The fraction of sp³-hybridized carbons (Fsp3) is 0.233. The fourth-order valence-electron chi connectivity index (χ4n) is 4.44. The number of thiocarbonyl (C=S) groups is 1. The molecule has 1 aliphatic rings. The van der Waals surface area contributed by atoms with Crippen LogP contribution < -0.4 is 40.2 Å². The average molecular weight is 631 g/mol. The summed E-state index contributed by atoms with van der Waals surface area (Å²) in [5, 5.41) is 11.6. The van der Waals surface area contributed by atoms with E-state index in [1.54, 1.807) is 43.3 Å². The van der Waals surface area contributed by atoms with Crippen molar-refractivity contribution < 1.29 is 41.7 Å². The Labute approximate surface area is 256 Å². The first-order valence-corrected chi connectivity index (χ1v) is 13.4. The lowest BCUT2D eigenvalue weighted by Crippen LogP contribution is -2.45. The maximum Gasteiger partial charge on any atom is 0.416 e. The molecule has 0 aromatic heterocycles. The Balaban J connectivity index is 1.52. The summed E-state index contributed by atoms with van der Waals surface area (Å²) in [5.41, 5.74) is 0.924. The smallest absolute Gasteiger partial charge is 0.416 e. The van der Waals surface area contributed by atoms with Gasteiger partial charge in [-0.3, -0.25) is 9.59 Å². The zero-order valence-corrected chi connectivity index (χ0v) is 24.9. The Morgan fingerprint density at radius 2 is 1.64 bits per heavy atom. The fourth-order valence-corrected chi connectivity index (χ4v) is 4.71. The number of hydrogen-bond acceptors (Lipinski definition) is 7. The lowest BCUT2D eigenvalue weighted by Gasteiger charge is -2.31. The van der Waals surface area contributed by atoms with Crippen LogP contribution in [0.5, 0.6) is 23.0 Å². The minimum atomic E-state index is -4.55. The van der Waals surface area contributed by atoms with E-state index in [4.69, 9.17) is 31.2 Å². The van der Waals surface area contributed by atoms with Gasteiger partial charge in [0.25, 0.3) is 11.8 Å². The first-order chi connectivity index (χ1) is 20.9. The SMILES string of the molecule is COc1ccc(OC)c(NC(=O)C2=C(C)NC(=S)N[C@@H]2c2ccc(OCC(=O)Nc3cccc(C(F)(F)F)c3)c(OC)c2)c1. The maximum absolute atomic E-state index is 13.6. The van der Waals surface area contributed by atoms with Crippen LogP contribution in [0, 0.1) is 0 Å². The molecule has 4 N–H and O–H groups in total. The molecule has 44 heavy (non-hydrogen) atoms. The Morgan fingerprint density at radius 1 is 0.909 bits per heavy atom. The monoisotopic (exact) mass is 630 g/mol. The van der Waals surface area contributed by atoms with Crippen LogP contribution in [-0.4, -0.2) is 44.9 Å². The van der Waals surface area contributed by atoms with E-state index in [-0.39, 0.29) is 17.2 Å². The molecule has 3 aromatic rings. The summed E-state index contributed by atoms with van der Waals surface area (Å²) in [4.78, 5) is 26.0. The number of carbonyl (C=O) groups excluding carboxylic acids is 2. The molecule has 4 rings (SSSR count). The van der Waals surface area contributed by atoms with Gasteiger partial charge in [0.1, 0.15) is 11.5 Å². The first kappa shape index (κ1) is 31.9. The van der Waals surface area contributed by atoms with Crippen molar-refractivity contribution in [3.8, 4) is 23.0 Å². The van der Waals surface area contributed by atoms with Crippen molar-refractivity contribution in [3.05, 3.63) is 83.1 Å². The van der Waals surface area contributed by atoms with Crippen LogP contribution in [0.1, 0.15) is 24.1 Å². The van der Waals surface area contributed by atoms with Crippen molar-refractivity contribution in [2.75, 3.05) is 38.6 Å². The van der Waals surface area contributed by atoms with Gasteiger partial charge in [-0.25, -0.2) is 0 Å². The molecule has 3 aromatic carbocycles. The highest BCUT2D eigenvalue weighted by molar-refractivity contribution is 7.80. The Morgan fingerprint density at radius 3 is 2.32 bits per heavy atom. The summed E-state index contributed by atoms with van der Waals surface area (Å²) >= 11 is 5.35. The molecular weight excluding hydrogens is 601 g/mol. The third-order valence-corrected chi connectivity index (χ3v) is 6.74. The molecule has 0 unspecified atom stereocenters. The highest BCUT2D eigenvalue weighted by Gasteiger charge is 2.32. The van der Waals surface area contributed by atoms with E-state index in [1.807, 2.05) is 0 Å². The molecule has 1 atom stereocenters. The summed E-state index contributed by atoms with van der Waals surface area (Å²) in [6.45, 7) is 1.21. The predicted octanol–water partition coefficient (Wildman–Crippen LogP) is 5.18. The third-order valence-electron chi connectivity index (χ3n) is 6.52. The van der Waals surface area contributed by atoms with E-state index in [0.29, 0.717) is 39.1 Å². The van der Waals surface area contributed by atoms with Gasteiger partial charge in [-0.15, -0.1) is 0 Å². The second kappa shape index (κ2) is 13.5. The number of methoxy groups -OCH3 is 3. The van der Waals surface area contributed by atoms with Gasteiger partial charge in [-0.2, -0.15) is 13.2 Å². The average Bonchev–Trinajstić information content (AvgIpc) is 2.99. The van der Waals surface area contributed by atoms with Gasteiger partial charge in [0.2, 0.25) is 0 Å². The largest absolute Gasteiger partial charge is 0.497 e. The molecule has 0 saturated heterocycles. The van der Waals surface area contributed by atoms with Gasteiger partial charge >= 0.3 is 6.18 Å². The second-order valence-electron chi connectivity index (χ2n) is 9.42. The standard InChI is InChI=1S/C30H29F3N4O6S/c1-16-26(28(39)36-21-14-20(40-2)9-11-22(21)41-3)27(37-29(44)34-16)17-8-10-23(24(12-17)42-4)43-15-25(38)35-19-7-5-6-18(13-19)30(31,32)33/h5-14,27H,15H2,1-4H3,(H,35,38)(H,36,39)(H2,34,37,44)/t27-/m1/s1. The topological polar surface area (TPSA) is 119 Å². The van der Waals surface area contributed by atoms with Crippen molar-refractivity contribution in [3.63, 3.8) is 0 Å². The summed E-state index contributed by atoms with van der Waals surface area (Å²) in [6.07, 6.45) is -4.55. The zero-order chi connectivity index (χ0) is 32.0. The zero-order valence-electron chi connectivity index (χ0n) is 24.0. The van der Waals surface area contributed by atoms with Crippen LogP contribution >= 0.6 is 12.2 Å². The Kier molecular flexibility index (Phi) is 9.83. The number of alkyl halides is 3. The van der Waals surface area contributed by atoms with E-state index in [2.05, 4.69) is 21.3 Å². The van der Waals surface area contributed by atoms with E-state index in [0.717, 1.165) is 12.1 Å². The molecule has 1 aliphatic heterocycles. The van der Waals surface area contributed by atoms with E-state index in [9.17, 15) is 22.8 Å². The number of rotatable bonds is 10. The van der Waals surface area contributed by atoms with E-state index >= 15 is 0 Å². The summed E-state index contributed by atoms with van der Waals surface area (Å²) in [5.74, 6) is 0.278. The van der Waals surface area contributed by atoms with Gasteiger partial charge in [-0.1, -0.05) is 12.1 Å². The normalized spacial score (nSPS) is 14.6. The molecule has 14 heteroatoms. The van der Waals surface area contributed by atoms with Crippen LogP contribution in [0.25, 0.3) is 0 Å². The summed E-state index contributed by atoms with van der Waals surface area (Å²) < 4.78 is 60.7. The van der Waals surface area contributed by atoms with E-state index < -0.39 is 36.2 Å². The number of allylic oxidation sites excluding steroid dienone is 1. The van der Waals surface area contributed by atoms with Crippen molar-refractivity contribution in [2.24, 2.45) is 0 Å². The van der Waals surface area contributed by atoms with Crippen molar-refractivity contribution in [1.82, 2.24) is 10.6 Å². The van der Waals surface area contributed by atoms with Crippen molar-refractivity contribution >= 4 is 40.5 Å². The molecule has 232 valence electrons. The molecule has 10 nitrogen and oxygen atoms in total. The van der Waals surface area contributed by atoms with Gasteiger partial charge in [0.05, 0.1) is 44.2 Å². The van der Waals surface area contributed by atoms with Gasteiger partial charge in [0.15, 0.2) is 23.2 Å². The minimum Gasteiger partial charge on any atom is -0.497 e. The number of amides is 2. The van der Waals surface area contributed by atoms with Crippen LogP contribution in [0.3, 0.4) is 0 Å². The lowest BCUT2D eigenvalue weighted by atomic mass is 9.94. The number of carbonyl (C=O) groups is 2. The molecule has 2 amide bonds. The molecule has 0 radical (unpaired) electrons. The second-order valence-corrected chi connectivity index (χ2v) is 9.82. The van der Waals surface area contributed by atoms with Gasteiger partial charge in [-0.05, 0) is 67.2 Å². The van der Waals surface area contributed by atoms with Crippen LogP contribution in [0.15, 0.2) is 71.9 Å². The predicted molar refractivity (Wildman–Crippen MR) is 161 cm³/mol. The highest BCUT2D eigenvalue weighted by atomic mass is 32.1. The number of benzene rings is 3. The third kappa shape index (κ3) is 7.50. The number of nitrogens with one attached hydrogen (secondary N) is 4. The van der Waals surface area contributed by atoms with Crippen LogP contribution in [-0.2, 0) is 15.8 Å². The minimum absolute atomic E-state index is 0.0248. The molecule has 0 fully saturated rings.